The third-order valence-electron chi connectivity index (χ3n) is 4.52. The molecular formula is C17H18BrNO2. The highest BCUT2D eigenvalue weighted by molar-refractivity contribution is 9.10. The zero-order valence-corrected chi connectivity index (χ0v) is 13.3. The van der Waals surface area contributed by atoms with E-state index in [2.05, 4.69) is 33.4 Å². The van der Waals surface area contributed by atoms with Crippen molar-refractivity contribution in [3.05, 3.63) is 46.5 Å². The molecule has 1 aliphatic carbocycles. The van der Waals surface area contributed by atoms with Crippen LogP contribution < -0.4 is 5.32 Å². The minimum Gasteiger partial charge on any atom is -0.296 e. The smallest absolute Gasteiger partial charge is 0.234 e. The monoisotopic (exact) mass is 347 g/mol. The van der Waals surface area contributed by atoms with Gasteiger partial charge in [-0.15, -0.1) is 0 Å². The maximum absolute atomic E-state index is 12.4. The van der Waals surface area contributed by atoms with E-state index in [1.807, 2.05) is 24.3 Å². The highest BCUT2D eigenvalue weighted by atomic mass is 79.9. The molecule has 1 aromatic carbocycles. The van der Waals surface area contributed by atoms with Gasteiger partial charge >= 0.3 is 0 Å². The third-order valence-corrected chi connectivity index (χ3v) is 5.01. The molecule has 1 N–H and O–H groups in total. The van der Waals surface area contributed by atoms with Gasteiger partial charge in [-0.2, -0.15) is 0 Å². The van der Waals surface area contributed by atoms with Crippen LogP contribution in [0.25, 0.3) is 0 Å². The first-order valence-electron chi connectivity index (χ1n) is 7.39. The van der Waals surface area contributed by atoms with Crippen LogP contribution in [0.2, 0.25) is 0 Å². The molecule has 3 atom stereocenters. The lowest BCUT2D eigenvalue weighted by molar-refractivity contribution is -0.137. The number of allylic oxidation sites excluding steroid dienone is 2. The van der Waals surface area contributed by atoms with Gasteiger partial charge in [0.15, 0.2) is 0 Å². The highest BCUT2D eigenvalue weighted by Gasteiger charge is 2.40. The fourth-order valence-electron chi connectivity index (χ4n) is 3.54. The number of benzene rings is 1. The molecule has 21 heavy (non-hydrogen) atoms. The Balaban J connectivity index is 1.94. The van der Waals surface area contributed by atoms with E-state index in [1.165, 1.54) is 0 Å². The van der Waals surface area contributed by atoms with Crippen molar-refractivity contribution in [1.29, 1.82) is 0 Å². The second-order valence-corrected chi connectivity index (χ2v) is 6.77. The topological polar surface area (TPSA) is 46.2 Å². The van der Waals surface area contributed by atoms with Crippen LogP contribution in [-0.4, -0.2) is 11.8 Å². The first kappa shape index (κ1) is 14.5. The number of imide groups is 1. The summed E-state index contributed by atoms with van der Waals surface area (Å²) in [7, 11) is 0. The largest absolute Gasteiger partial charge is 0.296 e. The fraction of sp³-hybridized carbons (Fsp3) is 0.412. The van der Waals surface area contributed by atoms with Gasteiger partial charge in [-0.25, -0.2) is 0 Å². The van der Waals surface area contributed by atoms with Gasteiger partial charge in [0.1, 0.15) is 0 Å². The fourth-order valence-corrected chi connectivity index (χ4v) is 3.95. The molecule has 1 aromatic rings. The molecule has 1 fully saturated rings. The standard InChI is InChI=1S/C17H18BrNO2/c18-13-8-4-7-12(9-13)16-14(10-15(20)19-17(16)21)11-5-2-1-3-6-11/h1-2,4,7-9,11,14,16H,3,5-6,10H2,(H,19,20,21). The number of halogens is 1. The third kappa shape index (κ3) is 3.10. The minimum absolute atomic E-state index is 0.102. The number of carbonyl (C=O) groups is 2. The summed E-state index contributed by atoms with van der Waals surface area (Å²) >= 11 is 3.47. The van der Waals surface area contributed by atoms with Crippen LogP contribution in [0.4, 0.5) is 0 Å². The van der Waals surface area contributed by atoms with Crippen LogP contribution >= 0.6 is 15.9 Å². The van der Waals surface area contributed by atoms with E-state index in [1.54, 1.807) is 0 Å². The van der Waals surface area contributed by atoms with Gasteiger partial charge in [-0.05, 0) is 48.8 Å². The first-order chi connectivity index (χ1) is 10.1. The molecule has 2 aliphatic rings. The quantitative estimate of drug-likeness (QED) is 0.656. The van der Waals surface area contributed by atoms with Gasteiger partial charge in [-0.3, -0.25) is 14.9 Å². The number of nitrogens with one attached hydrogen (secondary N) is 1. The molecule has 110 valence electrons. The zero-order chi connectivity index (χ0) is 14.8. The second kappa shape index (κ2) is 6.14. The van der Waals surface area contributed by atoms with E-state index in [-0.39, 0.29) is 23.7 Å². The molecule has 3 unspecified atom stereocenters. The van der Waals surface area contributed by atoms with E-state index in [0.717, 1.165) is 29.3 Å². The van der Waals surface area contributed by atoms with E-state index in [0.29, 0.717) is 12.3 Å². The average molecular weight is 348 g/mol. The van der Waals surface area contributed by atoms with Crippen molar-refractivity contribution in [3.63, 3.8) is 0 Å². The molecule has 0 saturated carbocycles. The van der Waals surface area contributed by atoms with E-state index < -0.39 is 0 Å². The van der Waals surface area contributed by atoms with Gasteiger partial charge in [0.2, 0.25) is 11.8 Å². The van der Waals surface area contributed by atoms with Gasteiger partial charge in [0.05, 0.1) is 5.92 Å². The van der Waals surface area contributed by atoms with Crippen molar-refractivity contribution in [1.82, 2.24) is 5.32 Å². The molecule has 0 spiro atoms. The summed E-state index contributed by atoms with van der Waals surface area (Å²) in [4.78, 5) is 24.2. The van der Waals surface area contributed by atoms with Crippen molar-refractivity contribution >= 4 is 27.7 Å². The summed E-state index contributed by atoms with van der Waals surface area (Å²) in [6.45, 7) is 0. The summed E-state index contributed by atoms with van der Waals surface area (Å²) in [5, 5.41) is 2.51. The number of hydrogen-bond donors (Lipinski definition) is 1. The molecule has 1 saturated heterocycles. The van der Waals surface area contributed by atoms with Crippen LogP contribution in [0.5, 0.6) is 0 Å². The summed E-state index contributed by atoms with van der Waals surface area (Å²) in [6.07, 6.45) is 7.89. The molecule has 0 radical (unpaired) electrons. The van der Waals surface area contributed by atoms with Crippen LogP contribution in [0, 0.1) is 11.8 Å². The Kier molecular flexibility index (Phi) is 4.24. The molecule has 1 aliphatic heterocycles. The summed E-state index contributed by atoms with van der Waals surface area (Å²) in [5.74, 6) is 0.00545. The number of carbonyl (C=O) groups excluding carboxylic acids is 2. The number of piperidine rings is 1. The lowest BCUT2D eigenvalue weighted by Crippen LogP contribution is -2.46. The minimum atomic E-state index is -0.225. The summed E-state index contributed by atoms with van der Waals surface area (Å²) in [5.41, 5.74) is 0.994. The Labute approximate surface area is 132 Å². The van der Waals surface area contributed by atoms with E-state index in [9.17, 15) is 9.59 Å². The lowest BCUT2D eigenvalue weighted by atomic mass is 9.70. The number of hydrogen-bond acceptors (Lipinski definition) is 2. The van der Waals surface area contributed by atoms with Gasteiger partial charge in [0, 0.05) is 10.9 Å². The molecule has 3 rings (SSSR count). The van der Waals surface area contributed by atoms with Crippen LogP contribution in [0.15, 0.2) is 40.9 Å². The van der Waals surface area contributed by atoms with E-state index >= 15 is 0 Å². The summed E-state index contributed by atoms with van der Waals surface area (Å²) in [6, 6.07) is 7.87. The van der Waals surface area contributed by atoms with Crippen LogP contribution in [0.3, 0.4) is 0 Å². The molecule has 3 nitrogen and oxygen atoms in total. The van der Waals surface area contributed by atoms with Gasteiger partial charge in [-0.1, -0.05) is 40.2 Å². The normalized spacial score (nSPS) is 29.3. The van der Waals surface area contributed by atoms with Crippen molar-refractivity contribution in [2.45, 2.75) is 31.6 Å². The molecule has 0 bridgehead atoms. The molecule has 1 heterocycles. The lowest BCUT2D eigenvalue weighted by Gasteiger charge is -2.36. The first-order valence-corrected chi connectivity index (χ1v) is 8.18. The predicted molar refractivity (Wildman–Crippen MR) is 84.6 cm³/mol. The average Bonchev–Trinajstić information content (AvgIpc) is 2.47. The van der Waals surface area contributed by atoms with Crippen molar-refractivity contribution < 1.29 is 9.59 Å². The Morgan fingerprint density at radius 2 is 2.05 bits per heavy atom. The SMILES string of the molecule is O=C1CC(C2CC=CCC2)C(c2cccc(Br)c2)C(=O)N1. The van der Waals surface area contributed by atoms with Crippen LogP contribution in [-0.2, 0) is 9.59 Å². The maximum Gasteiger partial charge on any atom is 0.234 e. The maximum atomic E-state index is 12.4. The molecule has 2 amide bonds. The highest BCUT2D eigenvalue weighted by Crippen LogP contribution is 2.41. The molecule has 0 aromatic heterocycles. The summed E-state index contributed by atoms with van der Waals surface area (Å²) < 4.78 is 0.965. The Hall–Kier alpha value is -1.42. The molecular weight excluding hydrogens is 330 g/mol. The van der Waals surface area contributed by atoms with Crippen molar-refractivity contribution in [2.24, 2.45) is 11.8 Å². The van der Waals surface area contributed by atoms with Crippen molar-refractivity contribution in [3.8, 4) is 0 Å². The number of rotatable bonds is 2. The van der Waals surface area contributed by atoms with Crippen molar-refractivity contribution in [2.75, 3.05) is 0 Å². The molecule has 4 heteroatoms. The second-order valence-electron chi connectivity index (χ2n) is 5.86. The van der Waals surface area contributed by atoms with Gasteiger partial charge < -0.3 is 0 Å². The van der Waals surface area contributed by atoms with E-state index in [4.69, 9.17) is 0 Å². The van der Waals surface area contributed by atoms with Gasteiger partial charge in [0.25, 0.3) is 0 Å². The zero-order valence-electron chi connectivity index (χ0n) is 11.7. The predicted octanol–water partition coefficient (Wildman–Crippen LogP) is 3.55. The van der Waals surface area contributed by atoms with Crippen LogP contribution in [0.1, 0.15) is 37.2 Å². The number of amides is 2. The Bertz CT molecular complexity index is 596. The Morgan fingerprint density at radius 1 is 1.19 bits per heavy atom. The Morgan fingerprint density at radius 3 is 2.76 bits per heavy atom.